The predicted molar refractivity (Wildman–Crippen MR) is 94.7 cm³/mol. The Labute approximate surface area is 152 Å². The van der Waals surface area contributed by atoms with Crippen LogP contribution in [0.4, 0.5) is 0 Å². The minimum atomic E-state index is -3.97. The molecular formula is C16H25N2O7P. The summed E-state index contributed by atoms with van der Waals surface area (Å²) in [6.45, 7) is 5.92. The highest BCUT2D eigenvalue weighted by molar-refractivity contribution is 7.55. The van der Waals surface area contributed by atoms with Crippen LogP contribution >= 0.6 is 7.67 Å². The molecule has 1 aromatic carbocycles. The molecule has 0 heterocycles. The van der Waals surface area contributed by atoms with Gasteiger partial charge in [-0.05, 0) is 45.4 Å². The summed E-state index contributed by atoms with van der Waals surface area (Å²) < 4.78 is 23.6. The third-order valence-electron chi connectivity index (χ3n) is 3.14. The van der Waals surface area contributed by atoms with Gasteiger partial charge in [0.1, 0.15) is 17.8 Å². The van der Waals surface area contributed by atoms with Gasteiger partial charge in [-0.2, -0.15) is 0 Å². The van der Waals surface area contributed by atoms with Crippen LogP contribution in [-0.4, -0.2) is 40.3 Å². The van der Waals surface area contributed by atoms with Gasteiger partial charge in [0, 0.05) is 0 Å². The van der Waals surface area contributed by atoms with Crippen molar-refractivity contribution in [2.75, 3.05) is 0 Å². The second kappa shape index (κ2) is 9.68. The van der Waals surface area contributed by atoms with E-state index in [4.69, 9.17) is 19.5 Å². The molecule has 0 saturated carbocycles. The van der Waals surface area contributed by atoms with Gasteiger partial charge in [-0.1, -0.05) is 12.1 Å². The number of nitrogens with one attached hydrogen (secondary N) is 2. The van der Waals surface area contributed by atoms with E-state index in [2.05, 4.69) is 10.2 Å². The van der Waals surface area contributed by atoms with Gasteiger partial charge in [-0.3, -0.25) is 9.59 Å². The molecule has 0 aliphatic heterocycles. The van der Waals surface area contributed by atoms with Crippen LogP contribution in [0.3, 0.4) is 0 Å². The summed E-state index contributed by atoms with van der Waals surface area (Å²) in [5, 5.41) is 23.0. The van der Waals surface area contributed by atoms with Crippen LogP contribution in [0, 0.1) is 0 Å². The molecule has 0 aliphatic rings. The summed E-state index contributed by atoms with van der Waals surface area (Å²) in [7, 11) is -3.97. The number of carboxylic acids is 1. The Morgan fingerprint density at radius 3 is 2.08 bits per heavy atom. The number of aliphatic hydroxyl groups excluding tert-OH is 1. The molecule has 0 spiro atoms. The minimum Gasteiger partial charge on any atom is -0.480 e. The first-order valence-electron chi connectivity index (χ1n) is 8.04. The fourth-order valence-corrected chi connectivity index (χ4v) is 3.68. The van der Waals surface area contributed by atoms with E-state index < -0.39 is 31.7 Å². The van der Waals surface area contributed by atoms with E-state index in [1.165, 1.54) is 26.0 Å². The van der Waals surface area contributed by atoms with Crippen molar-refractivity contribution in [1.82, 2.24) is 10.2 Å². The summed E-state index contributed by atoms with van der Waals surface area (Å²) >= 11 is 0. The molecule has 9 nitrogen and oxygen atoms in total. The molecule has 0 fully saturated rings. The van der Waals surface area contributed by atoms with Crippen molar-refractivity contribution in [3.05, 3.63) is 29.8 Å². The molecule has 0 radical (unpaired) electrons. The van der Waals surface area contributed by atoms with Crippen LogP contribution in [0.15, 0.2) is 24.3 Å². The van der Waals surface area contributed by atoms with Crippen LogP contribution in [0.5, 0.6) is 5.75 Å². The van der Waals surface area contributed by atoms with Crippen molar-refractivity contribution in [3.8, 4) is 5.75 Å². The number of hydrogen-bond donors (Lipinski definition) is 4. The molecule has 0 aromatic heterocycles. The van der Waals surface area contributed by atoms with Crippen molar-refractivity contribution in [2.24, 2.45) is 0 Å². The molecule has 26 heavy (non-hydrogen) atoms. The first kappa shape index (κ1) is 22.1. The topological polar surface area (TPSA) is 134 Å². The van der Waals surface area contributed by atoms with Crippen molar-refractivity contribution < 1.29 is 33.6 Å². The van der Waals surface area contributed by atoms with Gasteiger partial charge in [0.15, 0.2) is 0 Å². The lowest BCUT2D eigenvalue weighted by atomic mass is 10.2. The normalized spacial score (nSPS) is 15.8. The van der Waals surface area contributed by atoms with Crippen molar-refractivity contribution >= 4 is 19.6 Å². The monoisotopic (exact) mass is 388 g/mol. The van der Waals surface area contributed by atoms with Crippen molar-refractivity contribution in [1.29, 1.82) is 0 Å². The Balaban J connectivity index is 2.98. The number of carbonyl (C=O) groups is 2. The van der Waals surface area contributed by atoms with E-state index in [0.717, 1.165) is 0 Å². The van der Waals surface area contributed by atoms with E-state index in [1.807, 2.05) is 0 Å². The highest BCUT2D eigenvalue weighted by atomic mass is 31.2. The van der Waals surface area contributed by atoms with E-state index in [0.29, 0.717) is 5.56 Å². The largest absolute Gasteiger partial charge is 0.480 e. The van der Waals surface area contributed by atoms with E-state index in [-0.39, 0.29) is 18.5 Å². The van der Waals surface area contributed by atoms with Crippen LogP contribution in [0.1, 0.15) is 33.3 Å². The fourth-order valence-electron chi connectivity index (χ4n) is 1.85. The number of rotatable bonds is 10. The Morgan fingerprint density at radius 1 is 1.08 bits per heavy atom. The first-order valence-corrected chi connectivity index (χ1v) is 9.67. The number of carbonyl (C=O) groups excluding carboxylic acids is 1. The summed E-state index contributed by atoms with van der Waals surface area (Å²) in [5.41, 5.74) is 0.626. The molecule has 1 rings (SSSR count). The van der Waals surface area contributed by atoms with E-state index in [1.54, 1.807) is 26.0 Å². The number of esters is 1. The molecule has 0 saturated heterocycles. The predicted octanol–water partition coefficient (Wildman–Crippen LogP) is 1.66. The maximum atomic E-state index is 13.1. The zero-order valence-corrected chi connectivity index (χ0v) is 16.0. The molecule has 0 bridgehead atoms. The maximum Gasteiger partial charge on any atom is 0.391 e. The quantitative estimate of drug-likeness (QED) is 0.349. The Hall–Kier alpha value is -1.93. The minimum absolute atomic E-state index is 0.164. The average Bonchev–Trinajstić information content (AvgIpc) is 2.54. The molecule has 3 atom stereocenters. The Morgan fingerprint density at radius 2 is 1.62 bits per heavy atom. The zero-order valence-electron chi connectivity index (χ0n) is 15.1. The molecule has 0 aliphatic carbocycles. The smallest absolute Gasteiger partial charge is 0.391 e. The standard InChI is InChI=1S/C16H25N2O7P/c1-10(2)24-16(22)12(4)18-26(23,17-11(3)15(20)21)25-14-7-5-13(9-19)6-8-14/h5-8,10-12,19H,9H2,1-4H3,(H,20,21)(H2,17,18,23)/t11-,12-,26?/m0/s1. The number of aliphatic hydroxyl groups is 1. The van der Waals surface area contributed by atoms with Gasteiger partial charge >= 0.3 is 19.6 Å². The van der Waals surface area contributed by atoms with Crippen LogP contribution < -0.4 is 14.7 Å². The van der Waals surface area contributed by atoms with Gasteiger partial charge in [0.05, 0.1) is 12.7 Å². The van der Waals surface area contributed by atoms with Gasteiger partial charge in [-0.15, -0.1) is 0 Å². The highest BCUT2D eigenvalue weighted by Crippen LogP contribution is 2.40. The van der Waals surface area contributed by atoms with Crippen LogP contribution in [0.2, 0.25) is 0 Å². The van der Waals surface area contributed by atoms with Gasteiger partial charge in [0.2, 0.25) is 0 Å². The third-order valence-corrected chi connectivity index (χ3v) is 5.07. The number of ether oxygens (including phenoxy) is 1. The van der Waals surface area contributed by atoms with E-state index >= 15 is 0 Å². The summed E-state index contributed by atoms with van der Waals surface area (Å²) in [4.78, 5) is 23.0. The molecule has 1 aromatic rings. The lowest BCUT2D eigenvalue weighted by molar-refractivity contribution is -0.149. The number of benzene rings is 1. The van der Waals surface area contributed by atoms with Gasteiger partial charge < -0.3 is 19.5 Å². The number of aliphatic carboxylic acids is 1. The van der Waals surface area contributed by atoms with Crippen LogP contribution in [0.25, 0.3) is 0 Å². The number of hydrogen-bond acceptors (Lipinski definition) is 6. The summed E-state index contributed by atoms with van der Waals surface area (Å²) in [5.74, 6) is -1.71. The second-order valence-electron chi connectivity index (χ2n) is 5.97. The van der Waals surface area contributed by atoms with Gasteiger partial charge in [0.25, 0.3) is 0 Å². The van der Waals surface area contributed by atoms with Crippen molar-refractivity contribution in [2.45, 2.75) is 52.5 Å². The Bertz CT molecular complexity index is 663. The maximum absolute atomic E-state index is 13.1. The SMILES string of the molecule is CC(C)OC(=O)[C@H](C)NP(=O)(N[C@@H](C)C(=O)O)Oc1ccc(CO)cc1. The Kier molecular flexibility index (Phi) is 8.23. The molecule has 1 unspecified atom stereocenters. The second-order valence-corrected chi connectivity index (χ2v) is 7.77. The summed E-state index contributed by atoms with van der Waals surface area (Å²) in [6.07, 6.45) is -0.357. The molecular weight excluding hydrogens is 363 g/mol. The lowest BCUT2D eigenvalue weighted by Gasteiger charge is -2.26. The van der Waals surface area contributed by atoms with E-state index in [9.17, 15) is 14.2 Å². The lowest BCUT2D eigenvalue weighted by Crippen LogP contribution is -2.43. The zero-order chi connectivity index (χ0) is 19.9. The molecule has 0 amide bonds. The molecule has 146 valence electrons. The summed E-state index contributed by atoms with van der Waals surface area (Å²) in [6, 6.07) is 3.88. The highest BCUT2D eigenvalue weighted by Gasteiger charge is 2.34. The van der Waals surface area contributed by atoms with Gasteiger partial charge in [-0.25, -0.2) is 14.7 Å². The molecule has 10 heteroatoms. The third kappa shape index (κ3) is 7.13. The van der Waals surface area contributed by atoms with Crippen LogP contribution in [-0.2, 0) is 25.5 Å². The first-order chi connectivity index (χ1) is 12.1. The number of carboxylic acid groups (broad SMARTS) is 1. The fraction of sp³-hybridized carbons (Fsp3) is 0.500. The molecule has 4 N–H and O–H groups in total. The average molecular weight is 388 g/mol. The van der Waals surface area contributed by atoms with Crippen molar-refractivity contribution in [3.63, 3.8) is 0 Å².